The molecule has 4 unspecified atom stereocenters. The lowest BCUT2D eigenvalue weighted by Crippen LogP contribution is -2.60. The van der Waals surface area contributed by atoms with Gasteiger partial charge in [-0.2, -0.15) is 0 Å². The molecule has 0 bridgehead atoms. The molecule has 9 N–H and O–H groups in total. The third kappa shape index (κ3) is 6.64. The van der Waals surface area contributed by atoms with Gasteiger partial charge < -0.3 is 46.5 Å². The van der Waals surface area contributed by atoms with Gasteiger partial charge in [-0.25, -0.2) is 4.79 Å². The van der Waals surface area contributed by atoms with Gasteiger partial charge in [0.25, 0.3) is 5.79 Å². The molecule has 158 valence electrons. The molecular formula is C16H30N2O9. The number of esters is 1. The van der Waals surface area contributed by atoms with Gasteiger partial charge in [0.1, 0.15) is 18.9 Å². The number of ether oxygens (including phenoxy) is 2. The minimum absolute atomic E-state index is 0.176. The third-order valence-electron chi connectivity index (χ3n) is 4.38. The molecule has 11 nitrogen and oxygen atoms in total. The van der Waals surface area contributed by atoms with Crippen molar-refractivity contribution in [2.45, 2.75) is 69.5 Å². The first kappa shape index (κ1) is 23.7. The average Bonchev–Trinajstić information content (AvgIpc) is 2.50. The van der Waals surface area contributed by atoms with Crippen LogP contribution in [0.25, 0.3) is 0 Å². The maximum Gasteiger partial charge on any atom is 0.364 e. The topological polar surface area (TPSA) is 206 Å². The van der Waals surface area contributed by atoms with Gasteiger partial charge in [-0.3, -0.25) is 4.79 Å². The van der Waals surface area contributed by atoms with Crippen LogP contribution in [0.3, 0.4) is 0 Å². The molecule has 0 amide bonds. The predicted octanol–water partition coefficient (Wildman–Crippen LogP) is -2.53. The maximum absolute atomic E-state index is 11.8. The predicted molar refractivity (Wildman–Crippen MR) is 90.8 cm³/mol. The largest absolute Gasteiger partial charge is 0.477 e. The van der Waals surface area contributed by atoms with Crippen molar-refractivity contribution in [3.8, 4) is 0 Å². The molecule has 1 saturated heterocycles. The molecule has 1 rings (SSSR count). The highest BCUT2D eigenvalue weighted by molar-refractivity contribution is 5.75. The summed E-state index contributed by atoms with van der Waals surface area (Å²) in [5, 5.41) is 48.8. The number of aliphatic carboxylic acids is 1. The summed E-state index contributed by atoms with van der Waals surface area (Å²) in [6, 6.07) is -0.847. The van der Waals surface area contributed by atoms with Crippen LogP contribution in [0.2, 0.25) is 0 Å². The Morgan fingerprint density at radius 3 is 2.37 bits per heavy atom. The Balaban J connectivity index is 2.71. The molecule has 27 heavy (non-hydrogen) atoms. The fraction of sp³-hybridized carbons (Fsp3) is 0.875. The molecule has 0 aromatic heterocycles. The monoisotopic (exact) mass is 394 g/mol. The average molecular weight is 394 g/mol. The van der Waals surface area contributed by atoms with Gasteiger partial charge in [0.05, 0.1) is 24.2 Å². The maximum atomic E-state index is 11.8. The van der Waals surface area contributed by atoms with Crippen LogP contribution in [0.5, 0.6) is 0 Å². The molecule has 0 aliphatic carbocycles. The zero-order valence-electron chi connectivity index (χ0n) is 15.4. The molecule has 1 fully saturated rings. The molecule has 11 heteroatoms. The molecule has 0 radical (unpaired) electrons. The minimum atomic E-state index is -2.69. The lowest BCUT2D eigenvalue weighted by Gasteiger charge is -2.43. The van der Waals surface area contributed by atoms with Crippen molar-refractivity contribution < 1.29 is 44.6 Å². The number of carboxylic acid groups (broad SMARTS) is 1. The van der Waals surface area contributed by atoms with Crippen LogP contribution in [-0.4, -0.2) is 80.4 Å². The van der Waals surface area contributed by atoms with Crippen LogP contribution in [0.4, 0.5) is 0 Å². The van der Waals surface area contributed by atoms with Gasteiger partial charge >= 0.3 is 11.9 Å². The quantitative estimate of drug-likeness (QED) is 0.160. The molecule has 0 aromatic carbocycles. The zero-order valence-corrected chi connectivity index (χ0v) is 15.4. The van der Waals surface area contributed by atoms with Crippen LogP contribution in [0.15, 0.2) is 0 Å². The van der Waals surface area contributed by atoms with Crippen LogP contribution in [0.1, 0.15) is 33.1 Å². The Labute approximate surface area is 156 Å². The number of aliphatic hydroxyl groups excluding tert-OH is 3. The number of carboxylic acids is 1. The van der Waals surface area contributed by atoms with E-state index in [1.807, 2.05) is 13.8 Å². The number of nitrogens with two attached hydrogens (primary N) is 2. The second-order valence-electron chi connectivity index (χ2n) is 7.34. The standard InChI is InChI=1S/C16H30N2O9/c1-7(2)3-9(17)14(22)26-6-8(19)4-11-12(13(18)21)10(20)5-16(25,27-11)15(23)24/h7-13,19-21,25H,3-6,17-18H2,1-2H3,(H,23,24)/t8-,9-,10?,11?,12?,13-,16?/m0/s1. The van der Waals surface area contributed by atoms with Crippen LogP contribution in [-0.2, 0) is 19.1 Å². The molecule has 0 saturated carbocycles. The Kier molecular flexibility index (Phi) is 8.54. The number of rotatable bonds is 9. The van der Waals surface area contributed by atoms with Crippen molar-refractivity contribution in [3.63, 3.8) is 0 Å². The van der Waals surface area contributed by atoms with Crippen molar-refractivity contribution in [3.05, 3.63) is 0 Å². The molecule has 1 heterocycles. The van der Waals surface area contributed by atoms with E-state index in [2.05, 4.69) is 0 Å². The second-order valence-corrected chi connectivity index (χ2v) is 7.34. The highest BCUT2D eigenvalue weighted by Gasteiger charge is 2.52. The number of aliphatic hydroxyl groups is 4. The third-order valence-corrected chi connectivity index (χ3v) is 4.38. The highest BCUT2D eigenvalue weighted by Crippen LogP contribution is 2.35. The highest BCUT2D eigenvalue weighted by atomic mass is 16.7. The van der Waals surface area contributed by atoms with E-state index < -0.39 is 67.3 Å². The summed E-state index contributed by atoms with van der Waals surface area (Å²) in [6.07, 6.45) is -6.34. The number of carbonyl (C=O) groups excluding carboxylic acids is 1. The summed E-state index contributed by atoms with van der Waals surface area (Å²) < 4.78 is 10.0. The molecule has 1 aliphatic rings. The molecule has 7 atom stereocenters. The van der Waals surface area contributed by atoms with E-state index in [0.717, 1.165) is 0 Å². The lowest BCUT2D eigenvalue weighted by atomic mass is 9.83. The summed E-state index contributed by atoms with van der Waals surface area (Å²) in [7, 11) is 0. The first-order valence-corrected chi connectivity index (χ1v) is 8.73. The van der Waals surface area contributed by atoms with Crippen molar-refractivity contribution in [2.75, 3.05) is 6.61 Å². The fourth-order valence-corrected chi connectivity index (χ4v) is 3.06. The van der Waals surface area contributed by atoms with E-state index >= 15 is 0 Å². The summed E-state index contributed by atoms with van der Waals surface area (Å²) in [6.45, 7) is 3.31. The van der Waals surface area contributed by atoms with E-state index in [1.54, 1.807) is 0 Å². The van der Waals surface area contributed by atoms with Gasteiger partial charge in [-0.15, -0.1) is 0 Å². The first-order valence-electron chi connectivity index (χ1n) is 8.73. The van der Waals surface area contributed by atoms with Gasteiger partial charge in [0, 0.05) is 12.8 Å². The Hall–Kier alpha value is -1.34. The van der Waals surface area contributed by atoms with Crippen LogP contribution < -0.4 is 11.5 Å². The summed E-state index contributed by atoms with van der Waals surface area (Å²) in [5.41, 5.74) is 11.1. The number of carbonyl (C=O) groups is 2. The lowest BCUT2D eigenvalue weighted by molar-refractivity contribution is -0.296. The summed E-state index contributed by atoms with van der Waals surface area (Å²) in [4.78, 5) is 23.0. The van der Waals surface area contributed by atoms with E-state index in [0.29, 0.717) is 6.42 Å². The van der Waals surface area contributed by atoms with Crippen LogP contribution >= 0.6 is 0 Å². The van der Waals surface area contributed by atoms with Crippen molar-refractivity contribution in [1.82, 2.24) is 0 Å². The molecular weight excluding hydrogens is 364 g/mol. The normalized spacial score (nSPS) is 32.0. The molecule has 0 aromatic rings. The van der Waals surface area contributed by atoms with E-state index in [4.69, 9.17) is 26.0 Å². The number of hydrogen-bond acceptors (Lipinski definition) is 10. The van der Waals surface area contributed by atoms with Crippen molar-refractivity contribution in [1.29, 1.82) is 0 Å². The van der Waals surface area contributed by atoms with Crippen molar-refractivity contribution >= 4 is 11.9 Å². The SMILES string of the molecule is CC(C)C[C@H](N)C(=O)OC[C@@H](O)CC1OC(O)(C(=O)O)CC(O)C1[C@@H](N)O. The Bertz CT molecular complexity index is 516. The first-order chi connectivity index (χ1) is 12.4. The fourth-order valence-electron chi connectivity index (χ4n) is 3.06. The molecule has 1 aliphatic heterocycles. The Morgan fingerprint density at radius 2 is 1.89 bits per heavy atom. The van der Waals surface area contributed by atoms with Crippen LogP contribution in [0, 0.1) is 11.8 Å². The van der Waals surface area contributed by atoms with Gasteiger partial charge in [0.15, 0.2) is 0 Å². The van der Waals surface area contributed by atoms with E-state index in [1.165, 1.54) is 0 Å². The van der Waals surface area contributed by atoms with Gasteiger partial charge in [0.2, 0.25) is 0 Å². The smallest absolute Gasteiger partial charge is 0.364 e. The van der Waals surface area contributed by atoms with Crippen molar-refractivity contribution in [2.24, 2.45) is 23.3 Å². The van der Waals surface area contributed by atoms with Gasteiger partial charge in [-0.05, 0) is 12.3 Å². The van der Waals surface area contributed by atoms with E-state index in [-0.39, 0.29) is 12.3 Å². The minimum Gasteiger partial charge on any atom is -0.477 e. The van der Waals surface area contributed by atoms with Gasteiger partial charge in [-0.1, -0.05) is 13.8 Å². The second kappa shape index (κ2) is 9.73. The van der Waals surface area contributed by atoms with E-state index in [9.17, 15) is 30.0 Å². The zero-order chi connectivity index (χ0) is 20.9. The summed E-state index contributed by atoms with van der Waals surface area (Å²) >= 11 is 0. The summed E-state index contributed by atoms with van der Waals surface area (Å²) in [5.74, 6) is -6.10. The Morgan fingerprint density at radius 1 is 1.30 bits per heavy atom. The number of hydrogen-bond donors (Lipinski definition) is 7. The molecule has 0 spiro atoms.